The molecule has 0 saturated heterocycles. The first kappa shape index (κ1) is 19.3. The second-order valence-electron chi connectivity index (χ2n) is 8.96. The summed E-state index contributed by atoms with van der Waals surface area (Å²) in [6, 6.07) is 4.37. The maximum Gasteiger partial charge on any atom is 0.237 e. The lowest BCUT2D eigenvalue weighted by atomic mass is 9.67. The molecule has 3 N–H and O–H groups in total. The number of hydrogen-bond acceptors (Lipinski definition) is 4. The molecule has 1 saturated carbocycles. The van der Waals surface area contributed by atoms with Gasteiger partial charge in [0.1, 0.15) is 11.4 Å². The number of amides is 2. The van der Waals surface area contributed by atoms with Crippen LogP contribution in [0.4, 0.5) is 10.1 Å². The highest BCUT2D eigenvalue weighted by Gasteiger charge is 2.54. The lowest BCUT2D eigenvalue weighted by Crippen LogP contribution is -2.58. The van der Waals surface area contributed by atoms with Crippen LogP contribution < -0.4 is 11.1 Å². The molecule has 1 fully saturated rings. The van der Waals surface area contributed by atoms with Crippen molar-refractivity contribution in [1.29, 1.82) is 0 Å². The van der Waals surface area contributed by atoms with E-state index in [0.29, 0.717) is 5.69 Å². The first-order valence-electron chi connectivity index (χ1n) is 9.05. The maximum absolute atomic E-state index is 14.8. The minimum Gasteiger partial charge on any atom is -0.369 e. The van der Waals surface area contributed by atoms with Crippen LogP contribution in [0.25, 0.3) is 0 Å². The van der Waals surface area contributed by atoms with E-state index in [1.165, 1.54) is 17.0 Å². The first-order valence-corrected chi connectivity index (χ1v) is 9.05. The molecule has 6 nitrogen and oxygen atoms in total. The van der Waals surface area contributed by atoms with Crippen LogP contribution in [0, 0.1) is 22.6 Å². The molecule has 1 aromatic carbocycles. The Morgan fingerprint density at radius 3 is 2.44 bits per heavy atom. The number of nitrogens with one attached hydrogen (secondary N) is 1. The van der Waals surface area contributed by atoms with Crippen molar-refractivity contribution < 1.29 is 14.0 Å². The van der Waals surface area contributed by atoms with Gasteiger partial charge in [0.25, 0.3) is 0 Å². The monoisotopic (exact) mass is 374 g/mol. The van der Waals surface area contributed by atoms with Crippen molar-refractivity contribution in [2.75, 3.05) is 12.4 Å². The van der Waals surface area contributed by atoms with Gasteiger partial charge in [-0.15, -0.1) is 0 Å². The Labute approximate surface area is 159 Å². The lowest BCUT2D eigenvalue weighted by Gasteiger charge is -2.46. The lowest BCUT2D eigenvalue weighted by molar-refractivity contribution is -0.140. The topological polar surface area (TPSA) is 87.8 Å². The Bertz CT molecular complexity index is 862. The van der Waals surface area contributed by atoms with E-state index in [2.05, 4.69) is 10.3 Å². The molecule has 2 unspecified atom stereocenters. The van der Waals surface area contributed by atoms with Crippen molar-refractivity contribution in [3.8, 4) is 0 Å². The summed E-state index contributed by atoms with van der Waals surface area (Å²) in [6.45, 7) is 9.22. The molecule has 0 radical (unpaired) electrons. The van der Waals surface area contributed by atoms with E-state index in [0.717, 1.165) is 6.42 Å². The Balaban J connectivity index is 2.01. The number of nitrogens with two attached hydrogens (primary N) is 1. The van der Waals surface area contributed by atoms with Crippen LogP contribution in [-0.2, 0) is 15.1 Å². The second kappa shape index (κ2) is 5.78. The zero-order chi connectivity index (χ0) is 20.4. The van der Waals surface area contributed by atoms with Gasteiger partial charge in [-0.25, -0.2) is 9.38 Å². The average molecular weight is 374 g/mol. The molecular weight excluding hydrogens is 347 g/mol. The van der Waals surface area contributed by atoms with Crippen LogP contribution >= 0.6 is 0 Å². The third-order valence-corrected chi connectivity index (χ3v) is 6.33. The van der Waals surface area contributed by atoms with Crippen LogP contribution in [-0.4, -0.2) is 29.7 Å². The summed E-state index contributed by atoms with van der Waals surface area (Å²) >= 11 is 0. The Morgan fingerprint density at radius 2 is 1.89 bits per heavy atom. The summed E-state index contributed by atoms with van der Waals surface area (Å²) in [5.41, 5.74) is 4.40. The summed E-state index contributed by atoms with van der Waals surface area (Å²) in [6.07, 6.45) is 0.833. The molecule has 2 amide bonds. The molecule has 1 heterocycles. The Hall–Kier alpha value is -2.44. The number of carbonyl (C=O) groups is 2. The summed E-state index contributed by atoms with van der Waals surface area (Å²) in [5.74, 6) is -0.827. The zero-order valence-corrected chi connectivity index (χ0v) is 16.7. The van der Waals surface area contributed by atoms with Gasteiger partial charge in [-0.05, 0) is 50.8 Å². The molecule has 1 aliphatic heterocycles. The molecule has 1 aromatic rings. The molecule has 1 aliphatic carbocycles. The van der Waals surface area contributed by atoms with Crippen molar-refractivity contribution in [2.24, 2.45) is 27.5 Å². The van der Waals surface area contributed by atoms with Crippen molar-refractivity contribution in [1.82, 2.24) is 4.90 Å². The van der Waals surface area contributed by atoms with E-state index >= 15 is 0 Å². The fourth-order valence-electron chi connectivity index (χ4n) is 3.69. The Morgan fingerprint density at radius 1 is 1.30 bits per heavy atom. The van der Waals surface area contributed by atoms with Crippen molar-refractivity contribution in [2.45, 2.75) is 46.6 Å². The number of benzene rings is 1. The predicted molar refractivity (Wildman–Crippen MR) is 102 cm³/mol. The average Bonchev–Trinajstić information content (AvgIpc) is 3.22. The summed E-state index contributed by atoms with van der Waals surface area (Å²) in [5, 5.41) is 2.86. The van der Waals surface area contributed by atoms with Gasteiger partial charge in [-0.3, -0.25) is 14.5 Å². The van der Waals surface area contributed by atoms with Crippen LogP contribution in [0.15, 0.2) is 23.2 Å². The molecule has 27 heavy (non-hydrogen) atoms. The quantitative estimate of drug-likeness (QED) is 0.853. The summed E-state index contributed by atoms with van der Waals surface area (Å²) in [4.78, 5) is 30.9. The standard InChI is InChI=1S/C20H27FN4O2/c1-18(2)10-13(18)15(26)23-11-7-8-14(21)12(9-11)20(5)19(3,4)16(27)25(6)17(22)24-20/h7-9,13H,10H2,1-6H3,(H2,22,24)(H,23,26). The highest BCUT2D eigenvalue weighted by Crippen LogP contribution is 2.52. The molecular formula is C20H27FN4O2. The minimum atomic E-state index is -1.20. The molecule has 0 spiro atoms. The van der Waals surface area contributed by atoms with Crippen molar-refractivity contribution >= 4 is 23.5 Å². The number of rotatable bonds is 3. The summed E-state index contributed by atoms with van der Waals surface area (Å²) < 4.78 is 14.8. The number of anilines is 1. The van der Waals surface area contributed by atoms with E-state index in [1.54, 1.807) is 33.9 Å². The molecule has 146 valence electrons. The molecule has 0 aromatic heterocycles. The first-order chi connectivity index (χ1) is 12.3. The zero-order valence-electron chi connectivity index (χ0n) is 16.7. The van der Waals surface area contributed by atoms with E-state index in [9.17, 15) is 14.0 Å². The largest absolute Gasteiger partial charge is 0.369 e. The summed E-state index contributed by atoms with van der Waals surface area (Å²) in [7, 11) is 1.55. The fourth-order valence-corrected chi connectivity index (χ4v) is 3.69. The van der Waals surface area contributed by atoms with E-state index in [1.807, 2.05) is 13.8 Å². The van der Waals surface area contributed by atoms with Gasteiger partial charge in [0.05, 0.1) is 5.41 Å². The van der Waals surface area contributed by atoms with Gasteiger partial charge < -0.3 is 11.1 Å². The van der Waals surface area contributed by atoms with Gasteiger partial charge in [-0.1, -0.05) is 13.8 Å². The molecule has 2 aliphatic rings. The SMILES string of the molecule is CN1C(=O)C(C)(C)C(C)(c2cc(NC(=O)C3CC3(C)C)ccc2F)N=C1N. The van der Waals surface area contributed by atoms with Crippen LogP contribution in [0.5, 0.6) is 0 Å². The van der Waals surface area contributed by atoms with Gasteiger partial charge in [-0.2, -0.15) is 0 Å². The number of guanidine groups is 1. The number of hydrogen-bond donors (Lipinski definition) is 2. The van der Waals surface area contributed by atoms with Gasteiger partial charge in [0, 0.05) is 24.2 Å². The Kier molecular flexibility index (Phi) is 4.13. The van der Waals surface area contributed by atoms with Crippen molar-refractivity contribution in [3.63, 3.8) is 0 Å². The van der Waals surface area contributed by atoms with Gasteiger partial charge >= 0.3 is 0 Å². The van der Waals surface area contributed by atoms with Crippen LogP contribution in [0.1, 0.15) is 46.6 Å². The highest BCUT2D eigenvalue weighted by molar-refractivity contribution is 6.02. The minimum absolute atomic E-state index is 0.0000316. The maximum atomic E-state index is 14.8. The van der Waals surface area contributed by atoms with E-state index < -0.39 is 16.8 Å². The molecule has 3 rings (SSSR count). The number of carbonyl (C=O) groups excluding carboxylic acids is 2. The normalized spacial score (nSPS) is 28.6. The molecule has 0 bridgehead atoms. The fraction of sp³-hybridized carbons (Fsp3) is 0.550. The van der Waals surface area contributed by atoms with Gasteiger partial charge in [0.2, 0.25) is 11.8 Å². The number of nitrogens with zero attached hydrogens (tertiary/aromatic N) is 2. The highest BCUT2D eigenvalue weighted by atomic mass is 19.1. The van der Waals surface area contributed by atoms with E-state index in [-0.39, 0.29) is 34.7 Å². The third kappa shape index (κ3) is 2.89. The number of aliphatic imine (C=N–C) groups is 1. The van der Waals surface area contributed by atoms with Crippen LogP contribution in [0.2, 0.25) is 0 Å². The second-order valence-corrected chi connectivity index (χ2v) is 8.96. The number of halogens is 1. The van der Waals surface area contributed by atoms with Gasteiger partial charge in [0.15, 0.2) is 5.96 Å². The molecule has 2 atom stereocenters. The van der Waals surface area contributed by atoms with Crippen LogP contribution in [0.3, 0.4) is 0 Å². The predicted octanol–water partition coefficient (Wildman–Crippen LogP) is 2.84. The van der Waals surface area contributed by atoms with E-state index in [4.69, 9.17) is 5.73 Å². The van der Waals surface area contributed by atoms with Crippen molar-refractivity contribution in [3.05, 3.63) is 29.6 Å². The third-order valence-electron chi connectivity index (χ3n) is 6.33. The smallest absolute Gasteiger partial charge is 0.237 e. The molecule has 7 heteroatoms.